The van der Waals surface area contributed by atoms with Crippen LogP contribution in [0.25, 0.3) is 0 Å². The van der Waals surface area contributed by atoms with Crippen LogP contribution < -0.4 is 5.73 Å². The van der Waals surface area contributed by atoms with Crippen molar-refractivity contribution in [3.05, 3.63) is 35.1 Å². The molecule has 1 aromatic rings. The molecule has 2 fully saturated rings. The fraction of sp³-hybridized carbons (Fsp3) is 0.625. The number of rotatable bonds is 2. The highest BCUT2D eigenvalue weighted by molar-refractivity contribution is 5.28. The first-order valence-electron chi connectivity index (χ1n) is 7.26. The van der Waals surface area contributed by atoms with Gasteiger partial charge in [0, 0.05) is 18.2 Å². The molecule has 0 radical (unpaired) electrons. The maximum atomic E-state index is 14.2. The van der Waals surface area contributed by atoms with Crippen LogP contribution in [0.5, 0.6) is 0 Å². The molecule has 0 bridgehead atoms. The first-order valence-corrected chi connectivity index (χ1v) is 7.26. The molecule has 0 amide bonds. The van der Waals surface area contributed by atoms with E-state index in [1.54, 1.807) is 13.0 Å². The lowest BCUT2D eigenvalue weighted by Crippen LogP contribution is -2.47. The zero-order chi connectivity index (χ0) is 13.5. The second kappa shape index (κ2) is 4.88. The molecule has 1 saturated heterocycles. The second-order valence-corrected chi connectivity index (χ2v) is 6.14. The third-order valence-corrected chi connectivity index (χ3v) is 4.88. The fourth-order valence-electron chi connectivity index (χ4n) is 3.47. The van der Waals surface area contributed by atoms with Gasteiger partial charge in [-0.2, -0.15) is 0 Å². The van der Waals surface area contributed by atoms with Crippen molar-refractivity contribution in [2.24, 2.45) is 11.7 Å². The van der Waals surface area contributed by atoms with Crippen molar-refractivity contribution in [2.45, 2.75) is 50.7 Å². The molecule has 2 atom stereocenters. The molecule has 2 N–H and O–H groups in total. The lowest BCUT2D eigenvalue weighted by atomic mass is 9.70. The van der Waals surface area contributed by atoms with E-state index < -0.39 is 0 Å². The van der Waals surface area contributed by atoms with Crippen LogP contribution in [0, 0.1) is 18.7 Å². The molecule has 1 saturated carbocycles. The van der Waals surface area contributed by atoms with Crippen molar-refractivity contribution < 1.29 is 9.13 Å². The van der Waals surface area contributed by atoms with Crippen LogP contribution >= 0.6 is 0 Å². The molecule has 2 aliphatic rings. The van der Waals surface area contributed by atoms with Gasteiger partial charge in [0.2, 0.25) is 0 Å². The van der Waals surface area contributed by atoms with E-state index in [1.807, 2.05) is 12.1 Å². The Balaban J connectivity index is 1.79. The third kappa shape index (κ3) is 2.30. The fourth-order valence-corrected chi connectivity index (χ4v) is 3.47. The smallest absolute Gasteiger partial charge is 0.130 e. The summed E-state index contributed by atoms with van der Waals surface area (Å²) in [5.74, 6) is 0.203. The molecule has 1 aliphatic heterocycles. The van der Waals surface area contributed by atoms with Gasteiger partial charge in [-0.1, -0.05) is 18.2 Å². The predicted octanol–water partition coefficient (Wildman–Crippen LogP) is 3.48. The van der Waals surface area contributed by atoms with Crippen LogP contribution in [0.15, 0.2) is 18.2 Å². The van der Waals surface area contributed by atoms with Crippen LogP contribution in [-0.4, -0.2) is 12.2 Å². The topological polar surface area (TPSA) is 35.2 Å². The van der Waals surface area contributed by atoms with Crippen LogP contribution in [0.3, 0.4) is 0 Å². The molecule has 1 spiro atoms. The molecule has 1 aromatic carbocycles. The van der Waals surface area contributed by atoms with Gasteiger partial charge in [-0.05, 0) is 50.5 Å². The lowest BCUT2D eigenvalue weighted by molar-refractivity contribution is -0.146. The van der Waals surface area contributed by atoms with Crippen molar-refractivity contribution in [1.82, 2.24) is 0 Å². The minimum atomic E-state index is -0.207. The average Bonchev–Trinajstić information content (AvgIpc) is 2.39. The van der Waals surface area contributed by atoms with Crippen LogP contribution in [0.4, 0.5) is 4.39 Å². The Bertz CT molecular complexity index is 470. The Labute approximate surface area is 114 Å². The zero-order valence-electron chi connectivity index (χ0n) is 11.5. The first-order chi connectivity index (χ1) is 9.11. The van der Waals surface area contributed by atoms with E-state index in [4.69, 9.17) is 10.5 Å². The minimum absolute atomic E-state index is 0.0703. The summed E-state index contributed by atoms with van der Waals surface area (Å²) >= 11 is 0. The summed E-state index contributed by atoms with van der Waals surface area (Å²) in [7, 11) is 0. The van der Waals surface area contributed by atoms with Crippen LogP contribution in [0.2, 0.25) is 0 Å². The van der Waals surface area contributed by atoms with E-state index in [2.05, 4.69) is 0 Å². The number of benzene rings is 1. The first kappa shape index (κ1) is 13.1. The molecule has 2 nitrogen and oxygen atoms in total. The lowest BCUT2D eigenvalue weighted by Gasteiger charge is -2.48. The Hall–Kier alpha value is -0.930. The molecule has 3 rings (SSSR count). The number of nitrogens with two attached hydrogens (primary N) is 1. The van der Waals surface area contributed by atoms with Gasteiger partial charge in [0.05, 0.1) is 5.60 Å². The summed E-state index contributed by atoms with van der Waals surface area (Å²) in [5, 5.41) is 0. The number of halogens is 1. The number of aryl methyl sites for hydroxylation is 1. The molecule has 2 unspecified atom stereocenters. The Morgan fingerprint density at radius 3 is 2.89 bits per heavy atom. The maximum Gasteiger partial charge on any atom is 0.130 e. The molecule has 3 heteroatoms. The summed E-state index contributed by atoms with van der Waals surface area (Å²) in [6.45, 7) is 2.56. The van der Waals surface area contributed by atoms with Crippen molar-refractivity contribution in [3.8, 4) is 0 Å². The van der Waals surface area contributed by atoms with Gasteiger partial charge in [-0.3, -0.25) is 0 Å². The number of ether oxygens (including phenoxy) is 1. The van der Waals surface area contributed by atoms with E-state index in [0.29, 0.717) is 17.0 Å². The largest absolute Gasteiger partial charge is 0.375 e. The summed E-state index contributed by atoms with van der Waals surface area (Å²) in [6, 6.07) is 5.31. The van der Waals surface area contributed by atoms with E-state index in [0.717, 1.165) is 32.3 Å². The van der Waals surface area contributed by atoms with E-state index in [1.165, 1.54) is 6.42 Å². The second-order valence-electron chi connectivity index (χ2n) is 6.14. The number of hydrogen-bond acceptors (Lipinski definition) is 2. The monoisotopic (exact) mass is 263 g/mol. The van der Waals surface area contributed by atoms with E-state index >= 15 is 0 Å². The SMILES string of the molecule is Cc1cccc(C(N)C2CCOC3(CCC3)C2)c1F. The van der Waals surface area contributed by atoms with Crippen molar-refractivity contribution in [3.63, 3.8) is 0 Å². The molecule has 1 aliphatic carbocycles. The summed E-state index contributed by atoms with van der Waals surface area (Å²) < 4.78 is 20.1. The Kier molecular flexibility index (Phi) is 3.35. The minimum Gasteiger partial charge on any atom is -0.375 e. The van der Waals surface area contributed by atoms with Gasteiger partial charge in [-0.15, -0.1) is 0 Å². The summed E-state index contributed by atoms with van der Waals surface area (Å²) in [4.78, 5) is 0. The molecule has 104 valence electrons. The molecule has 19 heavy (non-hydrogen) atoms. The van der Waals surface area contributed by atoms with Gasteiger partial charge in [0.15, 0.2) is 0 Å². The molecular formula is C16H22FNO. The number of hydrogen-bond donors (Lipinski definition) is 1. The molecule has 0 aromatic heterocycles. The van der Waals surface area contributed by atoms with E-state index in [9.17, 15) is 4.39 Å². The Morgan fingerprint density at radius 2 is 2.21 bits per heavy atom. The highest BCUT2D eigenvalue weighted by Gasteiger charge is 2.44. The van der Waals surface area contributed by atoms with Gasteiger partial charge < -0.3 is 10.5 Å². The highest BCUT2D eigenvalue weighted by atomic mass is 19.1. The quantitative estimate of drug-likeness (QED) is 0.886. The van der Waals surface area contributed by atoms with E-state index in [-0.39, 0.29) is 17.5 Å². The molecule has 1 heterocycles. The van der Waals surface area contributed by atoms with Crippen LogP contribution in [0.1, 0.15) is 49.3 Å². The van der Waals surface area contributed by atoms with Crippen molar-refractivity contribution in [1.29, 1.82) is 0 Å². The summed E-state index contributed by atoms with van der Waals surface area (Å²) in [5.41, 5.74) is 7.76. The van der Waals surface area contributed by atoms with Gasteiger partial charge in [0.25, 0.3) is 0 Å². The third-order valence-electron chi connectivity index (χ3n) is 4.88. The predicted molar refractivity (Wildman–Crippen MR) is 73.3 cm³/mol. The van der Waals surface area contributed by atoms with Crippen molar-refractivity contribution in [2.75, 3.05) is 6.61 Å². The van der Waals surface area contributed by atoms with Gasteiger partial charge in [-0.25, -0.2) is 4.39 Å². The summed E-state index contributed by atoms with van der Waals surface area (Å²) in [6.07, 6.45) is 5.47. The van der Waals surface area contributed by atoms with Crippen molar-refractivity contribution >= 4 is 0 Å². The molecular weight excluding hydrogens is 241 g/mol. The average molecular weight is 263 g/mol. The Morgan fingerprint density at radius 1 is 1.42 bits per heavy atom. The highest BCUT2D eigenvalue weighted by Crippen LogP contribution is 2.46. The zero-order valence-corrected chi connectivity index (χ0v) is 11.5. The van der Waals surface area contributed by atoms with Crippen LogP contribution in [-0.2, 0) is 4.74 Å². The normalized spacial score (nSPS) is 27.0. The standard InChI is InChI=1S/C16H22FNO/c1-11-4-2-5-13(14(11)17)15(18)12-6-9-19-16(10-12)7-3-8-16/h2,4-5,12,15H,3,6-10,18H2,1H3. The maximum absolute atomic E-state index is 14.2. The van der Waals surface area contributed by atoms with Gasteiger partial charge in [0.1, 0.15) is 5.82 Å². The van der Waals surface area contributed by atoms with Gasteiger partial charge >= 0.3 is 0 Å².